The standard InChI is InChI=1S/C13H13NO6/c1-20-8-2-3-9(13(18)19)10(5-8)14-6-7(12(16)17)4-11(14)15/h2-3,5,7H,4,6H2,1H3,(H,16,17)(H,18,19). The number of hydrogen-bond donors (Lipinski definition) is 2. The average Bonchev–Trinajstić information content (AvgIpc) is 2.80. The number of methoxy groups -OCH3 is 1. The van der Waals surface area contributed by atoms with Crippen molar-refractivity contribution < 1.29 is 29.3 Å². The highest BCUT2D eigenvalue weighted by molar-refractivity contribution is 6.05. The highest BCUT2D eigenvalue weighted by Gasteiger charge is 2.36. The molecule has 106 valence electrons. The molecule has 0 aliphatic carbocycles. The molecule has 2 rings (SSSR count). The van der Waals surface area contributed by atoms with Crippen molar-refractivity contribution >= 4 is 23.5 Å². The molecule has 7 nitrogen and oxygen atoms in total. The molecule has 2 N–H and O–H groups in total. The van der Waals surface area contributed by atoms with Crippen LogP contribution >= 0.6 is 0 Å². The van der Waals surface area contributed by atoms with E-state index in [0.717, 1.165) is 0 Å². The summed E-state index contributed by atoms with van der Waals surface area (Å²) < 4.78 is 5.01. The van der Waals surface area contributed by atoms with Gasteiger partial charge in [-0.15, -0.1) is 0 Å². The Labute approximate surface area is 114 Å². The molecular weight excluding hydrogens is 266 g/mol. The zero-order chi connectivity index (χ0) is 14.9. The molecule has 0 spiro atoms. The van der Waals surface area contributed by atoms with Crippen molar-refractivity contribution in [3.8, 4) is 5.75 Å². The predicted octanol–water partition coefficient (Wildman–Crippen LogP) is 0.831. The maximum Gasteiger partial charge on any atom is 0.337 e. The number of aromatic carboxylic acids is 1. The van der Waals surface area contributed by atoms with Gasteiger partial charge in [0.25, 0.3) is 0 Å². The van der Waals surface area contributed by atoms with Gasteiger partial charge in [-0.05, 0) is 12.1 Å². The van der Waals surface area contributed by atoms with Crippen LogP contribution in [-0.4, -0.2) is 41.7 Å². The number of benzene rings is 1. The Hall–Kier alpha value is -2.57. The molecule has 1 unspecified atom stereocenters. The van der Waals surface area contributed by atoms with Gasteiger partial charge in [0.15, 0.2) is 0 Å². The van der Waals surface area contributed by atoms with Crippen LogP contribution in [0.1, 0.15) is 16.8 Å². The fourth-order valence-electron chi connectivity index (χ4n) is 2.15. The van der Waals surface area contributed by atoms with E-state index in [1.807, 2.05) is 0 Å². The van der Waals surface area contributed by atoms with Crippen LogP contribution in [0.3, 0.4) is 0 Å². The molecule has 0 radical (unpaired) electrons. The largest absolute Gasteiger partial charge is 0.497 e. The van der Waals surface area contributed by atoms with E-state index in [1.54, 1.807) is 0 Å². The quantitative estimate of drug-likeness (QED) is 0.846. The number of carboxylic acids is 2. The number of anilines is 1. The first-order valence-corrected chi connectivity index (χ1v) is 5.88. The number of amides is 1. The summed E-state index contributed by atoms with van der Waals surface area (Å²) in [7, 11) is 1.42. The summed E-state index contributed by atoms with van der Waals surface area (Å²) >= 11 is 0. The third kappa shape index (κ3) is 2.42. The fraction of sp³-hybridized carbons (Fsp3) is 0.308. The van der Waals surface area contributed by atoms with Gasteiger partial charge < -0.3 is 19.8 Å². The Morgan fingerprint density at radius 3 is 2.55 bits per heavy atom. The van der Waals surface area contributed by atoms with Gasteiger partial charge in [-0.1, -0.05) is 0 Å². The number of carbonyl (C=O) groups excluding carboxylic acids is 1. The lowest BCUT2D eigenvalue weighted by atomic mass is 10.1. The number of aliphatic carboxylic acids is 1. The van der Waals surface area contributed by atoms with E-state index >= 15 is 0 Å². The first kappa shape index (κ1) is 13.9. The smallest absolute Gasteiger partial charge is 0.337 e. The van der Waals surface area contributed by atoms with Crippen molar-refractivity contribution in [2.75, 3.05) is 18.6 Å². The Morgan fingerprint density at radius 2 is 2.05 bits per heavy atom. The minimum atomic E-state index is -1.19. The number of rotatable bonds is 4. The van der Waals surface area contributed by atoms with Crippen molar-refractivity contribution in [1.29, 1.82) is 0 Å². The highest BCUT2D eigenvalue weighted by Crippen LogP contribution is 2.31. The minimum absolute atomic E-state index is 0.0401. The average molecular weight is 279 g/mol. The lowest BCUT2D eigenvalue weighted by molar-refractivity contribution is -0.141. The summed E-state index contributed by atoms with van der Waals surface area (Å²) in [4.78, 5) is 35.2. The fourth-order valence-corrected chi connectivity index (χ4v) is 2.15. The molecule has 20 heavy (non-hydrogen) atoms. The van der Waals surface area contributed by atoms with E-state index in [0.29, 0.717) is 5.75 Å². The number of carbonyl (C=O) groups is 3. The summed E-state index contributed by atoms with van der Waals surface area (Å²) in [6.07, 6.45) is -0.133. The molecular formula is C13H13NO6. The summed E-state index contributed by atoms with van der Waals surface area (Å²) in [6.45, 7) is -0.0401. The van der Waals surface area contributed by atoms with Crippen molar-refractivity contribution in [3.63, 3.8) is 0 Å². The van der Waals surface area contributed by atoms with Crippen molar-refractivity contribution in [1.82, 2.24) is 0 Å². The van der Waals surface area contributed by atoms with Gasteiger partial charge in [0.2, 0.25) is 5.91 Å². The van der Waals surface area contributed by atoms with E-state index < -0.39 is 23.8 Å². The number of nitrogens with zero attached hydrogens (tertiary/aromatic N) is 1. The monoisotopic (exact) mass is 279 g/mol. The topological polar surface area (TPSA) is 104 Å². The summed E-state index contributed by atoms with van der Waals surface area (Å²) in [6, 6.07) is 4.23. The van der Waals surface area contributed by atoms with E-state index in [9.17, 15) is 14.4 Å². The van der Waals surface area contributed by atoms with Crippen LogP contribution in [0.5, 0.6) is 5.75 Å². The molecule has 1 aromatic rings. The Kier molecular flexibility index (Phi) is 3.60. The third-order valence-electron chi connectivity index (χ3n) is 3.20. The van der Waals surface area contributed by atoms with Crippen LogP contribution in [0, 0.1) is 5.92 Å². The van der Waals surface area contributed by atoms with E-state index in [1.165, 1.54) is 30.2 Å². The lowest BCUT2D eigenvalue weighted by Crippen LogP contribution is -2.27. The summed E-state index contributed by atoms with van der Waals surface area (Å²) in [5.74, 6) is -3.09. The maximum absolute atomic E-state index is 11.9. The molecule has 1 atom stereocenters. The van der Waals surface area contributed by atoms with Gasteiger partial charge in [-0.25, -0.2) is 4.79 Å². The minimum Gasteiger partial charge on any atom is -0.497 e. The molecule has 1 saturated heterocycles. The maximum atomic E-state index is 11.9. The van der Waals surface area contributed by atoms with Crippen LogP contribution < -0.4 is 9.64 Å². The van der Waals surface area contributed by atoms with Crippen LogP contribution in [0.4, 0.5) is 5.69 Å². The second-order valence-electron chi connectivity index (χ2n) is 4.43. The van der Waals surface area contributed by atoms with Crippen LogP contribution in [0.25, 0.3) is 0 Å². The molecule has 0 aromatic heterocycles. The normalized spacial score (nSPS) is 18.1. The summed E-state index contributed by atoms with van der Waals surface area (Å²) in [5, 5.41) is 18.1. The van der Waals surface area contributed by atoms with E-state index in [4.69, 9.17) is 14.9 Å². The van der Waals surface area contributed by atoms with Crippen molar-refractivity contribution in [2.45, 2.75) is 6.42 Å². The third-order valence-corrected chi connectivity index (χ3v) is 3.20. The van der Waals surface area contributed by atoms with Gasteiger partial charge in [-0.3, -0.25) is 9.59 Å². The van der Waals surface area contributed by atoms with Crippen LogP contribution in [-0.2, 0) is 9.59 Å². The molecule has 1 aliphatic rings. The first-order valence-electron chi connectivity index (χ1n) is 5.88. The molecule has 1 amide bonds. The zero-order valence-electron chi connectivity index (χ0n) is 10.7. The van der Waals surface area contributed by atoms with Crippen LogP contribution in [0.2, 0.25) is 0 Å². The van der Waals surface area contributed by atoms with E-state index in [-0.39, 0.29) is 24.2 Å². The Bertz CT molecular complexity index is 582. The summed E-state index contributed by atoms with van der Waals surface area (Å²) in [5.41, 5.74) is 0.0933. The SMILES string of the molecule is COc1ccc(C(=O)O)c(N2CC(C(=O)O)CC2=O)c1. The highest BCUT2D eigenvalue weighted by atomic mass is 16.5. The second-order valence-corrected chi connectivity index (χ2v) is 4.43. The van der Waals surface area contributed by atoms with Crippen molar-refractivity contribution in [2.24, 2.45) is 5.92 Å². The molecule has 1 fully saturated rings. The van der Waals surface area contributed by atoms with Gasteiger partial charge >= 0.3 is 11.9 Å². The van der Waals surface area contributed by atoms with Crippen LogP contribution in [0.15, 0.2) is 18.2 Å². The zero-order valence-corrected chi connectivity index (χ0v) is 10.7. The number of ether oxygens (including phenoxy) is 1. The molecule has 1 heterocycles. The Balaban J connectivity index is 2.43. The van der Waals surface area contributed by atoms with Gasteiger partial charge in [-0.2, -0.15) is 0 Å². The molecule has 0 saturated carbocycles. The molecule has 7 heteroatoms. The second kappa shape index (κ2) is 5.20. The molecule has 1 aromatic carbocycles. The van der Waals surface area contributed by atoms with Gasteiger partial charge in [0.05, 0.1) is 24.3 Å². The van der Waals surface area contributed by atoms with Gasteiger partial charge in [0.1, 0.15) is 5.75 Å². The lowest BCUT2D eigenvalue weighted by Gasteiger charge is -2.19. The number of hydrogen-bond acceptors (Lipinski definition) is 4. The first-order chi connectivity index (χ1) is 9.43. The van der Waals surface area contributed by atoms with E-state index in [2.05, 4.69) is 0 Å². The number of carboxylic acid groups (broad SMARTS) is 2. The van der Waals surface area contributed by atoms with Gasteiger partial charge in [0, 0.05) is 19.0 Å². The Morgan fingerprint density at radius 1 is 1.35 bits per heavy atom. The predicted molar refractivity (Wildman–Crippen MR) is 68.0 cm³/mol. The van der Waals surface area contributed by atoms with Crippen molar-refractivity contribution in [3.05, 3.63) is 23.8 Å². The molecule has 0 bridgehead atoms. The molecule has 1 aliphatic heterocycles.